The van der Waals surface area contributed by atoms with Gasteiger partial charge in [-0.1, -0.05) is 48.0 Å². The SMILES string of the molecule is COc1ccc(N2C(=O)[C@@H]3[C@H](CC(=O)O)N[C@]4(C(=O)N(Cc5ccccc5Cl)c5ccccc54)[C@@H]3C2=O)cc1. The second-order valence-corrected chi connectivity index (χ2v) is 10.3. The maximum absolute atomic E-state index is 14.4. The number of carboxylic acids is 1. The largest absolute Gasteiger partial charge is 0.497 e. The minimum Gasteiger partial charge on any atom is -0.497 e. The number of fused-ring (bicyclic) bond motifs is 4. The fourth-order valence-corrected chi connectivity index (χ4v) is 6.45. The highest BCUT2D eigenvalue weighted by Gasteiger charge is 2.71. The van der Waals surface area contributed by atoms with Crippen molar-refractivity contribution in [3.05, 3.63) is 88.9 Å². The van der Waals surface area contributed by atoms with Gasteiger partial charge in [0.25, 0.3) is 5.91 Å². The Labute approximate surface area is 228 Å². The summed E-state index contributed by atoms with van der Waals surface area (Å²) in [5.74, 6) is -4.30. The zero-order valence-electron chi connectivity index (χ0n) is 20.8. The number of imide groups is 1. The Bertz CT molecular complexity index is 1530. The maximum atomic E-state index is 14.4. The van der Waals surface area contributed by atoms with Gasteiger partial charge < -0.3 is 14.7 Å². The zero-order chi connectivity index (χ0) is 27.5. The molecule has 9 nitrogen and oxygen atoms in total. The number of amides is 3. The molecule has 1 spiro atoms. The molecule has 3 aliphatic rings. The van der Waals surface area contributed by atoms with Gasteiger partial charge >= 0.3 is 5.97 Å². The fourth-order valence-electron chi connectivity index (χ4n) is 6.25. The number of carbonyl (C=O) groups is 4. The second kappa shape index (κ2) is 9.21. The summed E-state index contributed by atoms with van der Waals surface area (Å²) in [5, 5.41) is 13.4. The van der Waals surface area contributed by atoms with E-state index in [0.717, 1.165) is 4.90 Å². The van der Waals surface area contributed by atoms with Crippen LogP contribution in [0.3, 0.4) is 0 Å². The van der Waals surface area contributed by atoms with E-state index in [-0.39, 0.29) is 6.54 Å². The van der Waals surface area contributed by atoms with Gasteiger partial charge in [0.05, 0.1) is 37.6 Å². The predicted octanol–water partition coefficient (Wildman–Crippen LogP) is 3.34. The average molecular weight is 546 g/mol. The third kappa shape index (κ3) is 3.65. The van der Waals surface area contributed by atoms with Crippen molar-refractivity contribution in [2.45, 2.75) is 24.5 Å². The van der Waals surface area contributed by atoms with E-state index >= 15 is 0 Å². The lowest BCUT2D eigenvalue weighted by Gasteiger charge is -2.30. The monoisotopic (exact) mass is 545 g/mol. The number of anilines is 2. The number of nitrogens with one attached hydrogen (secondary N) is 1. The fraction of sp³-hybridized carbons (Fsp3) is 0.241. The molecule has 3 amide bonds. The molecule has 0 unspecified atom stereocenters. The first-order valence-electron chi connectivity index (χ1n) is 12.4. The number of halogens is 1. The van der Waals surface area contributed by atoms with Crippen LogP contribution in [0.4, 0.5) is 11.4 Å². The molecular formula is C29H24ClN3O6. The van der Waals surface area contributed by atoms with Crippen LogP contribution in [0, 0.1) is 11.8 Å². The smallest absolute Gasteiger partial charge is 0.304 e. The number of rotatable bonds is 6. The molecule has 39 heavy (non-hydrogen) atoms. The summed E-state index contributed by atoms with van der Waals surface area (Å²) >= 11 is 6.42. The standard InChI is InChI=1S/C29H24ClN3O6/c1-39-18-12-10-17(11-13-18)33-26(36)24-21(14-23(34)35)31-29(25(24)27(33)37)19-7-3-5-9-22(19)32(28(29)38)15-16-6-2-4-8-20(16)30/h2-13,21,24-25,31H,14-15H2,1H3,(H,34,35)/t21-,24+,25-,29-/m0/s1. The van der Waals surface area contributed by atoms with Gasteiger partial charge in [0.1, 0.15) is 11.3 Å². The van der Waals surface area contributed by atoms with Crippen LogP contribution in [0.5, 0.6) is 5.75 Å². The Morgan fingerprint density at radius 2 is 1.69 bits per heavy atom. The molecule has 10 heteroatoms. The average Bonchev–Trinajstić information content (AvgIpc) is 3.48. The zero-order valence-corrected chi connectivity index (χ0v) is 21.6. The molecule has 0 radical (unpaired) electrons. The summed E-state index contributed by atoms with van der Waals surface area (Å²) in [6.45, 7) is 0.143. The van der Waals surface area contributed by atoms with Crippen molar-refractivity contribution in [2.24, 2.45) is 11.8 Å². The molecule has 2 N–H and O–H groups in total. The van der Waals surface area contributed by atoms with Crippen LogP contribution in [-0.4, -0.2) is 41.9 Å². The molecule has 198 valence electrons. The van der Waals surface area contributed by atoms with Crippen molar-refractivity contribution in [3.8, 4) is 5.75 Å². The van der Waals surface area contributed by atoms with Crippen molar-refractivity contribution >= 4 is 46.7 Å². The van der Waals surface area contributed by atoms with E-state index < -0.39 is 53.5 Å². The first-order chi connectivity index (χ1) is 18.8. The molecule has 2 fully saturated rings. The molecule has 0 aromatic heterocycles. The van der Waals surface area contributed by atoms with Gasteiger partial charge in [-0.15, -0.1) is 0 Å². The third-order valence-electron chi connectivity index (χ3n) is 7.88. The number of carboxylic acid groups (broad SMARTS) is 1. The van der Waals surface area contributed by atoms with Gasteiger partial charge in [-0.2, -0.15) is 0 Å². The molecule has 0 saturated carbocycles. The Hall–Kier alpha value is -4.21. The van der Waals surface area contributed by atoms with Crippen molar-refractivity contribution in [1.29, 1.82) is 0 Å². The highest BCUT2D eigenvalue weighted by atomic mass is 35.5. The molecule has 6 rings (SSSR count). The predicted molar refractivity (Wildman–Crippen MR) is 142 cm³/mol. The lowest BCUT2D eigenvalue weighted by Crippen LogP contribution is -2.55. The topological polar surface area (TPSA) is 116 Å². The number of benzene rings is 3. The first kappa shape index (κ1) is 25.1. The van der Waals surface area contributed by atoms with E-state index in [9.17, 15) is 24.3 Å². The molecule has 4 atom stereocenters. The Morgan fingerprint density at radius 3 is 2.38 bits per heavy atom. The van der Waals surface area contributed by atoms with Crippen molar-refractivity contribution < 1.29 is 29.0 Å². The summed E-state index contributed by atoms with van der Waals surface area (Å²) in [6.07, 6.45) is -0.432. The summed E-state index contributed by atoms with van der Waals surface area (Å²) < 4.78 is 5.20. The normalized spacial score (nSPS) is 25.4. The van der Waals surface area contributed by atoms with E-state index in [0.29, 0.717) is 33.3 Å². The minimum atomic E-state index is -1.61. The van der Waals surface area contributed by atoms with Crippen LogP contribution >= 0.6 is 11.6 Å². The molecule has 3 aromatic rings. The van der Waals surface area contributed by atoms with E-state index in [1.54, 1.807) is 65.6 Å². The van der Waals surface area contributed by atoms with Crippen molar-refractivity contribution in [1.82, 2.24) is 5.32 Å². The Balaban J connectivity index is 1.48. The van der Waals surface area contributed by atoms with Crippen molar-refractivity contribution in [3.63, 3.8) is 0 Å². The molecule has 3 heterocycles. The van der Waals surface area contributed by atoms with Gasteiger partial charge in [-0.05, 0) is 42.0 Å². The van der Waals surface area contributed by atoms with Gasteiger partial charge in [0.2, 0.25) is 11.8 Å². The Morgan fingerprint density at radius 1 is 1.00 bits per heavy atom. The van der Waals surface area contributed by atoms with Crippen LogP contribution in [0.15, 0.2) is 72.8 Å². The number of methoxy groups -OCH3 is 1. The van der Waals surface area contributed by atoms with E-state index in [1.165, 1.54) is 7.11 Å². The lowest BCUT2D eigenvalue weighted by molar-refractivity contribution is -0.138. The minimum absolute atomic E-state index is 0.143. The summed E-state index contributed by atoms with van der Waals surface area (Å²) in [5.41, 5.74) is 0.535. The number of ether oxygens (including phenoxy) is 1. The van der Waals surface area contributed by atoms with E-state index in [1.807, 2.05) is 12.1 Å². The summed E-state index contributed by atoms with van der Waals surface area (Å²) in [4.78, 5) is 56.8. The lowest BCUT2D eigenvalue weighted by atomic mass is 9.76. The van der Waals surface area contributed by atoms with Crippen LogP contribution in [0.2, 0.25) is 5.02 Å². The molecule has 3 aromatic carbocycles. The quantitative estimate of drug-likeness (QED) is 0.456. The van der Waals surface area contributed by atoms with Gasteiger partial charge in [-0.25, -0.2) is 4.90 Å². The molecule has 3 aliphatic heterocycles. The Kier molecular flexibility index (Phi) is 5.93. The molecule has 0 bridgehead atoms. The van der Waals surface area contributed by atoms with Crippen LogP contribution in [0.25, 0.3) is 0 Å². The molecular weight excluding hydrogens is 522 g/mol. The van der Waals surface area contributed by atoms with Crippen LogP contribution < -0.4 is 19.9 Å². The van der Waals surface area contributed by atoms with Crippen LogP contribution in [0.1, 0.15) is 17.5 Å². The number of para-hydroxylation sites is 1. The van der Waals surface area contributed by atoms with Gasteiger partial charge in [0, 0.05) is 22.3 Å². The number of hydrogen-bond acceptors (Lipinski definition) is 6. The number of aliphatic carboxylic acids is 1. The molecule has 0 aliphatic carbocycles. The summed E-state index contributed by atoms with van der Waals surface area (Å²) in [6, 6.07) is 19.8. The highest BCUT2D eigenvalue weighted by molar-refractivity contribution is 6.31. The van der Waals surface area contributed by atoms with Gasteiger partial charge in [-0.3, -0.25) is 24.5 Å². The third-order valence-corrected chi connectivity index (χ3v) is 8.25. The van der Waals surface area contributed by atoms with Crippen LogP contribution in [-0.2, 0) is 31.3 Å². The number of hydrogen-bond donors (Lipinski definition) is 2. The second-order valence-electron chi connectivity index (χ2n) is 9.87. The molecule has 2 saturated heterocycles. The van der Waals surface area contributed by atoms with Crippen molar-refractivity contribution in [2.75, 3.05) is 16.9 Å². The highest BCUT2D eigenvalue weighted by Crippen LogP contribution is 2.55. The van der Waals surface area contributed by atoms with Gasteiger partial charge in [0.15, 0.2) is 0 Å². The first-order valence-corrected chi connectivity index (χ1v) is 12.8. The summed E-state index contributed by atoms with van der Waals surface area (Å²) in [7, 11) is 1.51. The number of carbonyl (C=O) groups excluding carboxylic acids is 3. The van der Waals surface area contributed by atoms with E-state index in [4.69, 9.17) is 16.3 Å². The van der Waals surface area contributed by atoms with E-state index in [2.05, 4.69) is 5.32 Å². The number of nitrogens with zero attached hydrogens (tertiary/aromatic N) is 2. The maximum Gasteiger partial charge on any atom is 0.304 e.